The van der Waals surface area contributed by atoms with Crippen LogP contribution in [0.15, 0.2) is 24.3 Å². The molecule has 0 aliphatic carbocycles. The quantitative estimate of drug-likeness (QED) is 0.697. The van der Waals surface area contributed by atoms with Gasteiger partial charge in [0.15, 0.2) is 0 Å². The molecule has 1 aromatic carbocycles. The molecule has 3 heteroatoms. The van der Waals surface area contributed by atoms with E-state index in [-0.39, 0.29) is 12.0 Å². The number of unbranched alkanes of at least 4 members (excludes halogenated alkanes) is 1. The molecule has 0 radical (unpaired) electrons. The highest BCUT2D eigenvalue weighted by molar-refractivity contribution is 5.33. The first-order valence-corrected chi connectivity index (χ1v) is 6.56. The minimum atomic E-state index is 0.0771. The molecule has 0 aliphatic heterocycles. The summed E-state index contributed by atoms with van der Waals surface area (Å²) in [5, 5.41) is 12.2. The van der Waals surface area contributed by atoms with Crippen LogP contribution in [-0.2, 0) is 5.41 Å². The Labute approximate surface area is 110 Å². The highest BCUT2D eigenvalue weighted by atomic mass is 16.5. The van der Waals surface area contributed by atoms with E-state index >= 15 is 0 Å². The van der Waals surface area contributed by atoms with E-state index in [1.54, 1.807) is 7.11 Å². The number of hydrogen-bond donors (Lipinski definition) is 2. The lowest BCUT2D eigenvalue weighted by Gasteiger charge is -2.26. The molecule has 0 heterocycles. The normalized spacial score (nSPS) is 11.6. The molecule has 0 aliphatic rings. The maximum atomic E-state index is 8.72. The first-order valence-electron chi connectivity index (χ1n) is 6.56. The maximum Gasteiger partial charge on any atom is 0.119 e. The molecule has 0 amide bonds. The van der Waals surface area contributed by atoms with E-state index in [1.807, 2.05) is 12.1 Å². The molecule has 0 saturated heterocycles. The third-order valence-electron chi connectivity index (χ3n) is 3.18. The Morgan fingerprint density at radius 1 is 1.28 bits per heavy atom. The van der Waals surface area contributed by atoms with Gasteiger partial charge in [-0.3, -0.25) is 0 Å². The van der Waals surface area contributed by atoms with Crippen molar-refractivity contribution in [3.05, 3.63) is 29.8 Å². The topological polar surface area (TPSA) is 41.5 Å². The molecule has 3 nitrogen and oxygen atoms in total. The zero-order chi connectivity index (χ0) is 13.4. The van der Waals surface area contributed by atoms with Gasteiger partial charge in [-0.05, 0) is 37.1 Å². The summed E-state index contributed by atoms with van der Waals surface area (Å²) in [4.78, 5) is 0. The Bertz CT molecular complexity index is 350. The van der Waals surface area contributed by atoms with E-state index in [0.29, 0.717) is 0 Å². The second-order valence-electron chi connectivity index (χ2n) is 5.22. The molecule has 0 fully saturated rings. The van der Waals surface area contributed by atoms with Crippen molar-refractivity contribution in [1.29, 1.82) is 0 Å². The van der Waals surface area contributed by atoms with Gasteiger partial charge < -0.3 is 15.2 Å². The largest absolute Gasteiger partial charge is 0.497 e. The van der Waals surface area contributed by atoms with Gasteiger partial charge in [-0.25, -0.2) is 0 Å². The Kier molecular flexibility index (Phi) is 6.16. The number of rotatable bonds is 8. The molecule has 2 N–H and O–H groups in total. The fraction of sp³-hybridized carbons (Fsp3) is 0.600. The number of hydrogen-bond acceptors (Lipinski definition) is 3. The van der Waals surface area contributed by atoms with Crippen LogP contribution in [0.2, 0.25) is 0 Å². The summed E-state index contributed by atoms with van der Waals surface area (Å²) in [6.45, 7) is 6.60. The van der Waals surface area contributed by atoms with Crippen molar-refractivity contribution in [2.45, 2.75) is 32.1 Å². The SMILES string of the molecule is COc1cccc(C(C)(C)CNCCCCO)c1. The van der Waals surface area contributed by atoms with Gasteiger partial charge in [0.25, 0.3) is 0 Å². The van der Waals surface area contributed by atoms with Crippen molar-refractivity contribution in [2.24, 2.45) is 0 Å². The monoisotopic (exact) mass is 251 g/mol. The van der Waals surface area contributed by atoms with Gasteiger partial charge in [0.1, 0.15) is 5.75 Å². The summed E-state index contributed by atoms with van der Waals surface area (Å²) < 4.78 is 5.26. The van der Waals surface area contributed by atoms with Crippen molar-refractivity contribution >= 4 is 0 Å². The number of nitrogens with one attached hydrogen (secondary N) is 1. The average molecular weight is 251 g/mol. The van der Waals surface area contributed by atoms with E-state index in [9.17, 15) is 0 Å². The van der Waals surface area contributed by atoms with E-state index < -0.39 is 0 Å². The summed E-state index contributed by atoms with van der Waals surface area (Å²) in [5.41, 5.74) is 1.35. The van der Waals surface area contributed by atoms with Crippen LogP contribution in [0.3, 0.4) is 0 Å². The highest BCUT2D eigenvalue weighted by Gasteiger charge is 2.20. The second-order valence-corrected chi connectivity index (χ2v) is 5.22. The fourth-order valence-electron chi connectivity index (χ4n) is 1.91. The number of ether oxygens (including phenoxy) is 1. The number of aliphatic hydroxyl groups excluding tert-OH is 1. The smallest absolute Gasteiger partial charge is 0.119 e. The van der Waals surface area contributed by atoms with Crippen LogP contribution in [0, 0.1) is 0 Å². The highest BCUT2D eigenvalue weighted by Crippen LogP contribution is 2.25. The van der Waals surface area contributed by atoms with Crippen molar-refractivity contribution in [3.63, 3.8) is 0 Å². The minimum absolute atomic E-state index is 0.0771. The van der Waals surface area contributed by atoms with Gasteiger partial charge in [-0.1, -0.05) is 26.0 Å². The number of methoxy groups -OCH3 is 1. The van der Waals surface area contributed by atoms with Gasteiger partial charge in [0, 0.05) is 18.6 Å². The third-order valence-corrected chi connectivity index (χ3v) is 3.18. The lowest BCUT2D eigenvalue weighted by atomic mass is 9.84. The summed E-state index contributed by atoms with van der Waals surface area (Å²) in [6, 6.07) is 8.23. The van der Waals surface area contributed by atoms with Gasteiger partial charge in [0.05, 0.1) is 7.11 Å². The van der Waals surface area contributed by atoms with E-state index in [0.717, 1.165) is 31.7 Å². The fourth-order valence-corrected chi connectivity index (χ4v) is 1.91. The van der Waals surface area contributed by atoms with Crippen molar-refractivity contribution in [3.8, 4) is 5.75 Å². The molecule has 102 valence electrons. The third kappa shape index (κ3) is 4.67. The van der Waals surface area contributed by atoms with Gasteiger partial charge >= 0.3 is 0 Å². The van der Waals surface area contributed by atoms with Crippen LogP contribution in [-0.4, -0.2) is 31.9 Å². The van der Waals surface area contributed by atoms with Gasteiger partial charge in [-0.2, -0.15) is 0 Å². The molecule has 1 aromatic rings. The summed E-state index contributed by atoms with van der Waals surface area (Å²) in [7, 11) is 1.69. The molecular formula is C15H25NO2. The Morgan fingerprint density at radius 3 is 2.72 bits per heavy atom. The standard InChI is InChI=1S/C15H25NO2/c1-15(2,12-16-9-4-5-10-17)13-7-6-8-14(11-13)18-3/h6-8,11,16-17H,4-5,9-10,12H2,1-3H3. The zero-order valence-electron chi connectivity index (χ0n) is 11.7. The van der Waals surface area contributed by atoms with Crippen LogP contribution in [0.1, 0.15) is 32.3 Å². The number of aliphatic hydroxyl groups is 1. The van der Waals surface area contributed by atoms with E-state index in [1.165, 1.54) is 5.56 Å². The van der Waals surface area contributed by atoms with E-state index in [4.69, 9.17) is 9.84 Å². The Balaban J connectivity index is 2.50. The van der Waals surface area contributed by atoms with Crippen molar-refractivity contribution in [1.82, 2.24) is 5.32 Å². The number of benzene rings is 1. The van der Waals surface area contributed by atoms with Crippen LogP contribution >= 0.6 is 0 Å². The Hall–Kier alpha value is -1.06. The molecule has 0 unspecified atom stereocenters. The lowest BCUT2D eigenvalue weighted by molar-refractivity contribution is 0.283. The van der Waals surface area contributed by atoms with E-state index in [2.05, 4.69) is 31.3 Å². The van der Waals surface area contributed by atoms with Gasteiger partial charge in [0.2, 0.25) is 0 Å². The summed E-state index contributed by atoms with van der Waals surface area (Å²) in [5.74, 6) is 0.904. The molecule has 0 spiro atoms. The zero-order valence-corrected chi connectivity index (χ0v) is 11.7. The summed E-state index contributed by atoms with van der Waals surface area (Å²) >= 11 is 0. The minimum Gasteiger partial charge on any atom is -0.497 e. The average Bonchev–Trinajstić information content (AvgIpc) is 2.38. The molecular weight excluding hydrogens is 226 g/mol. The second kappa shape index (κ2) is 7.39. The van der Waals surface area contributed by atoms with Crippen molar-refractivity contribution in [2.75, 3.05) is 26.8 Å². The van der Waals surface area contributed by atoms with Crippen LogP contribution in [0.25, 0.3) is 0 Å². The molecule has 0 saturated carbocycles. The molecule has 0 atom stereocenters. The predicted molar refractivity (Wildman–Crippen MR) is 75.2 cm³/mol. The van der Waals surface area contributed by atoms with Crippen molar-refractivity contribution < 1.29 is 9.84 Å². The van der Waals surface area contributed by atoms with Crippen LogP contribution in [0.5, 0.6) is 5.75 Å². The first kappa shape index (κ1) is 15.0. The first-order chi connectivity index (χ1) is 8.60. The summed E-state index contributed by atoms with van der Waals surface area (Å²) in [6.07, 6.45) is 1.89. The van der Waals surface area contributed by atoms with Crippen LogP contribution < -0.4 is 10.1 Å². The molecule has 0 bridgehead atoms. The van der Waals surface area contributed by atoms with Crippen LogP contribution in [0.4, 0.5) is 0 Å². The maximum absolute atomic E-state index is 8.72. The predicted octanol–water partition coefficient (Wildman–Crippen LogP) is 2.33. The molecule has 0 aromatic heterocycles. The van der Waals surface area contributed by atoms with Gasteiger partial charge in [-0.15, -0.1) is 0 Å². The molecule has 1 rings (SSSR count). The molecule has 18 heavy (non-hydrogen) atoms. The lowest BCUT2D eigenvalue weighted by Crippen LogP contribution is -2.33. The Morgan fingerprint density at radius 2 is 2.06 bits per heavy atom.